The van der Waals surface area contributed by atoms with Gasteiger partial charge in [-0.2, -0.15) is 0 Å². The number of hydrogen-bond donors (Lipinski definition) is 1. The van der Waals surface area contributed by atoms with Crippen LogP contribution in [0.4, 0.5) is 0 Å². The van der Waals surface area contributed by atoms with Crippen molar-refractivity contribution in [3.63, 3.8) is 0 Å². The second-order valence-corrected chi connectivity index (χ2v) is 4.83. The first kappa shape index (κ1) is 12.1. The minimum Gasteiger partial charge on any atom is -0.497 e. The number of aromatic amines is 1. The minimum atomic E-state index is 0.577. The predicted molar refractivity (Wildman–Crippen MR) is 79.1 cm³/mol. The van der Waals surface area contributed by atoms with Gasteiger partial charge in [-0.25, -0.2) is 4.98 Å². The van der Waals surface area contributed by atoms with Gasteiger partial charge in [0, 0.05) is 11.6 Å². The predicted octanol–water partition coefficient (Wildman–Crippen LogP) is 3.01. The Morgan fingerprint density at radius 2 is 1.90 bits per heavy atom. The molecule has 1 N–H and O–H groups in total. The number of fused-ring (bicyclic) bond motifs is 2. The molecule has 0 saturated heterocycles. The minimum absolute atomic E-state index is 0.577. The molecule has 0 fully saturated rings. The first-order valence-corrected chi connectivity index (χ1v) is 6.77. The van der Waals surface area contributed by atoms with Gasteiger partial charge in [-0.05, 0) is 30.3 Å². The molecule has 1 aromatic heterocycles. The summed E-state index contributed by atoms with van der Waals surface area (Å²) in [5.74, 6) is 3.15. The van der Waals surface area contributed by atoms with E-state index in [2.05, 4.69) is 9.97 Å². The van der Waals surface area contributed by atoms with E-state index in [1.54, 1.807) is 7.11 Å². The number of nitrogens with zero attached hydrogens (tertiary/aromatic N) is 1. The molecule has 3 aromatic rings. The number of rotatable bonds is 2. The van der Waals surface area contributed by atoms with E-state index >= 15 is 0 Å². The molecule has 5 heteroatoms. The number of methoxy groups -OCH3 is 1. The molecule has 1 aliphatic heterocycles. The van der Waals surface area contributed by atoms with Gasteiger partial charge in [0.25, 0.3) is 0 Å². The maximum atomic E-state index is 5.61. The molecule has 2 aromatic carbocycles. The van der Waals surface area contributed by atoms with E-state index in [-0.39, 0.29) is 0 Å². The van der Waals surface area contributed by atoms with E-state index < -0.39 is 0 Å². The normalized spacial score (nSPS) is 13.4. The SMILES string of the molecule is COc1ccc2nc(-c3ccc4c(c3)OCCO4)[nH]c2c1. The van der Waals surface area contributed by atoms with E-state index in [4.69, 9.17) is 14.2 Å². The lowest BCUT2D eigenvalue weighted by atomic mass is 10.2. The molecule has 0 unspecified atom stereocenters. The Kier molecular flexibility index (Phi) is 2.70. The van der Waals surface area contributed by atoms with Gasteiger partial charge >= 0.3 is 0 Å². The van der Waals surface area contributed by atoms with Crippen LogP contribution in [0.3, 0.4) is 0 Å². The van der Waals surface area contributed by atoms with Crippen molar-refractivity contribution < 1.29 is 14.2 Å². The van der Waals surface area contributed by atoms with Gasteiger partial charge < -0.3 is 19.2 Å². The average molecular weight is 282 g/mol. The number of nitrogens with one attached hydrogen (secondary N) is 1. The number of benzene rings is 2. The molecule has 0 atom stereocenters. The van der Waals surface area contributed by atoms with Crippen LogP contribution in [0.2, 0.25) is 0 Å². The van der Waals surface area contributed by atoms with Crippen molar-refractivity contribution in [2.24, 2.45) is 0 Å². The van der Waals surface area contributed by atoms with Gasteiger partial charge in [-0.1, -0.05) is 0 Å². The second-order valence-electron chi connectivity index (χ2n) is 4.83. The van der Waals surface area contributed by atoms with Crippen LogP contribution in [-0.2, 0) is 0 Å². The quantitative estimate of drug-likeness (QED) is 0.785. The van der Waals surface area contributed by atoms with Crippen LogP contribution in [0.15, 0.2) is 36.4 Å². The van der Waals surface area contributed by atoms with Gasteiger partial charge in [-0.15, -0.1) is 0 Å². The highest BCUT2D eigenvalue weighted by molar-refractivity contribution is 5.81. The summed E-state index contributed by atoms with van der Waals surface area (Å²) in [5, 5.41) is 0. The van der Waals surface area contributed by atoms with Crippen LogP contribution in [0.1, 0.15) is 0 Å². The molecule has 106 valence electrons. The largest absolute Gasteiger partial charge is 0.497 e. The summed E-state index contributed by atoms with van der Waals surface area (Å²) < 4.78 is 16.4. The van der Waals surface area contributed by atoms with Crippen molar-refractivity contribution in [2.45, 2.75) is 0 Å². The van der Waals surface area contributed by atoms with Crippen molar-refractivity contribution in [3.8, 4) is 28.6 Å². The van der Waals surface area contributed by atoms with Crippen molar-refractivity contribution in [3.05, 3.63) is 36.4 Å². The molecule has 0 spiro atoms. The Morgan fingerprint density at radius 3 is 2.76 bits per heavy atom. The lowest BCUT2D eigenvalue weighted by molar-refractivity contribution is 0.171. The van der Waals surface area contributed by atoms with Gasteiger partial charge in [0.15, 0.2) is 11.5 Å². The summed E-state index contributed by atoms with van der Waals surface area (Å²) in [7, 11) is 1.65. The van der Waals surface area contributed by atoms with Gasteiger partial charge in [-0.3, -0.25) is 0 Å². The molecule has 4 rings (SSSR count). The summed E-state index contributed by atoms with van der Waals surface area (Å²) in [6, 6.07) is 11.6. The molecule has 0 radical (unpaired) electrons. The topological polar surface area (TPSA) is 56.4 Å². The second kappa shape index (κ2) is 4.70. The van der Waals surface area contributed by atoms with Gasteiger partial charge in [0.1, 0.15) is 24.8 Å². The zero-order chi connectivity index (χ0) is 14.2. The van der Waals surface area contributed by atoms with Crippen molar-refractivity contribution in [1.29, 1.82) is 0 Å². The van der Waals surface area contributed by atoms with Crippen LogP contribution in [0.5, 0.6) is 17.2 Å². The lowest BCUT2D eigenvalue weighted by Gasteiger charge is -2.18. The first-order chi connectivity index (χ1) is 10.3. The molecule has 2 heterocycles. The number of H-pyrrole nitrogens is 1. The highest BCUT2D eigenvalue weighted by Gasteiger charge is 2.14. The fraction of sp³-hybridized carbons (Fsp3) is 0.188. The standard InChI is InChI=1S/C16H14N2O3/c1-19-11-3-4-12-13(9-11)18-16(17-12)10-2-5-14-15(8-10)21-7-6-20-14/h2-5,8-9H,6-7H2,1H3,(H,17,18). The van der Waals surface area contributed by atoms with Crippen LogP contribution >= 0.6 is 0 Å². The van der Waals surface area contributed by atoms with Crippen LogP contribution in [0.25, 0.3) is 22.4 Å². The average Bonchev–Trinajstić information content (AvgIpc) is 2.97. The van der Waals surface area contributed by atoms with Crippen LogP contribution in [-0.4, -0.2) is 30.3 Å². The molecular formula is C16H14N2O3. The molecule has 5 nitrogen and oxygen atoms in total. The molecule has 0 bridgehead atoms. The third-order valence-corrected chi connectivity index (χ3v) is 3.50. The van der Waals surface area contributed by atoms with E-state index in [0.717, 1.165) is 39.7 Å². The third-order valence-electron chi connectivity index (χ3n) is 3.50. The smallest absolute Gasteiger partial charge is 0.162 e. The fourth-order valence-corrected chi connectivity index (χ4v) is 2.44. The Labute approximate surface area is 121 Å². The van der Waals surface area contributed by atoms with E-state index in [0.29, 0.717) is 13.2 Å². The first-order valence-electron chi connectivity index (χ1n) is 6.77. The van der Waals surface area contributed by atoms with Crippen LogP contribution < -0.4 is 14.2 Å². The highest BCUT2D eigenvalue weighted by Crippen LogP contribution is 2.34. The molecule has 0 aliphatic carbocycles. The monoisotopic (exact) mass is 282 g/mol. The number of ether oxygens (including phenoxy) is 3. The molecule has 21 heavy (non-hydrogen) atoms. The van der Waals surface area contributed by atoms with E-state index in [1.807, 2.05) is 36.4 Å². The number of aromatic nitrogens is 2. The molecule has 1 aliphatic rings. The van der Waals surface area contributed by atoms with Gasteiger partial charge in [0.2, 0.25) is 0 Å². The third kappa shape index (κ3) is 2.07. The van der Waals surface area contributed by atoms with Gasteiger partial charge in [0.05, 0.1) is 18.1 Å². The zero-order valence-electron chi connectivity index (χ0n) is 11.6. The summed E-state index contributed by atoms with van der Waals surface area (Å²) in [4.78, 5) is 7.91. The Balaban J connectivity index is 1.78. The van der Waals surface area contributed by atoms with Crippen molar-refractivity contribution in [1.82, 2.24) is 9.97 Å². The summed E-state index contributed by atoms with van der Waals surface area (Å²) in [6.07, 6.45) is 0. The summed E-state index contributed by atoms with van der Waals surface area (Å²) >= 11 is 0. The Morgan fingerprint density at radius 1 is 1.05 bits per heavy atom. The van der Waals surface area contributed by atoms with Crippen LogP contribution in [0, 0.1) is 0 Å². The Bertz CT molecular complexity index is 810. The summed E-state index contributed by atoms with van der Waals surface area (Å²) in [5.41, 5.74) is 2.81. The molecule has 0 saturated carbocycles. The zero-order valence-corrected chi connectivity index (χ0v) is 11.6. The lowest BCUT2D eigenvalue weighted by Crippen LogP contribution is -2.15. The maximum absolute atomic E-state index is 5.61. The van der Waals surface area contributed by atoms with Crippen molar-refractivity contribution >= 4 is 11.0 Å². The molecular weight excluding hydrogens is 268 g/mol. The summed E-state index contributed by atoms with van der Waals surface area (Å²) in [6.45, 7) is 1.17. The highest BCUT2D eigenvalue weighted by atomic mass is 16.6. The molecule has 0 amide bonds. The van der Waals surface area contributed by atoms with Crippen molar-refractivity contribution in [2.75, 3.05) is 20.3 Å². The fourth-order valence-electron chi connectivity index (χ4n) is 2.44. The number of imidazole rings is 1. The number of hydrogen-bond acceptors (Lipinski definition) is 4. The maximum Gasteiger partial charge on any atom is 0.162 e. The van der Waals surface area contributed by atoms with E-state index in [9.17, 15) is 0 Å². The van der Waals surface area contributed by atoms with E-state index in [1.165, 1.54) is 0 Å². The Hall–Kier alpha value is -2.69.